The van der Waals surface area contributed by atoms with Crippen molar-refractivity contribution < 1.29 is 9.53 Å². The molecule has 0 saturated carbocycles. The van der Waals surface area contributed by atoms with Gasteiger partial charge in [-0.1, -0.05) is 0 Å². The average molecular weight is 332 g/mol. The van der Waals surface area contributed by atoms with E-state index in [1.54, 1.807) is 0 Å². The first-order valence-corrected chi connectivity index (χ1v) is 7.39. The largest absolute Gasteiger partial charge is 0.481 e. The first-order chi connectivity index (χ1) is 11.3. The highest BCUT2D eigenvalue weighted by Crippen LogP contribution is 2.20. The third-order valence-electron chi connectivity index (χ3n) is 3.70. The Morgan fingerprint density at radius 1 is 1.38 bits per heavy atom. The smallest absolute Gasteiger partial charge is 0.328 e. The third kappa shape index (κ3) is 3.70. The summed E-state index contributed by atoms with van der Waals surface area (Å²) in [6.07, 6.45) is 1.15. The Balaban J connectivity index is 2.11. The molecule has 0 aliphatic rings. The van der Waals surface area contributed by atoms with Crippen LogP contribution in [0.4, 0.5) is 0 Å². The number of carbonyl (C=O) groups excluding carboxylic acids is 1. The summed E-state index contributed by atoms with van der Waals surface area (Å²) in [6.45, 7) is 4.02. The number of carbonyl (C=O) groups is 1. The third-order valence-corrected chi connectivity index (χ3v) is 3.70. The Labute approximate surface area is 138 Å². The van der Waals surface area contributed by atoms with Crippen molar-refractivity contribution in [2.75, 3.05) is 7.11 Å². The fourth-order valence-corrected chi connectivity index (χ4v) is 2.38. The van der Waals surface area contributed by atoms with Gasteiger partial charge in [-0.3, -0.25) is 14.2 Å². The van der Waals surface area contributed by atoms with Gasteiger partial charge >= 0.3 is 5.69 Å². The number of nitrogens with zero attached hydrogens (tertiary/aromatic N) is 2. The number of nitrogens with one attached hydrogen (secondary N) is 2. The van der Waals surface area contributed by atoms with Crippen LogP contribution in [0, 0.1) is 13.8 Å². The maximum atomic E-state index is 12.1. The summed E-state index contributed by atoms with van der Waals surface area (Å²) in [5.41, 5.74) is 1.79. The van der Waals surface area contributed by atoms with E-state index in [-0.39, 0.29) is 24.4 Å². The number of aromatic amines is 1. The van der Waals surface area contributed by atoms with Crippen molar-refractivity contribution in [2.45, 2.75) is 26.8 Å². The maximum Gasteiger partial charge on any atom is 0.328 e. The van der Waals surface area contributed by atoms with Gasteiger partial charge in [-0.2, -0.15) is 0 Å². The summed E-state index contributed by atoms with van der Waals surface area (Å²) in [6, 6.07) is 1.90. The molecule has 0 unspecified atom stereocenters. The molecule has 0 aromatic carbocycles. The molecule has 0 fully saturated rings. The van der Waals surface area contributed by atoms with E-state index in [1.165, 1.54) is 20.4 Å². The molecule has 8 heteroatoms. The minimum Gasteiger partial charge on any atom is -0.481 e. The first-order valence-electron chi connectivity index (χ1n) is 7.39. The standard InChI is InChI=1S/C16H20N4O4/c1-9-5-10(2)19-14(24-4)12(9)8-17-13(21)6-11-7-18-16(23)20(3)15(11)22/h5,7H,6,8H2,1-4H3,(H,17,21)(H,18,23). The maximum absolute atomic E-state index is 12.1. The number of pyridine rings is 1. The number of amides is 1. The van der Waals surface area contributed by atoms with Gasteiger partial charge in [0.25, 0.3) is 5.56 Å². The molecule has 1 amide bonds. The lowest BCUT2D eigenvalue weighted by molar-refractivity contribution is -0.120. The molecule has 0 saturated heterocycles. The van der Waals surface area contributed by atoms with Crippen LogP contribution in [0.2, 0.25) is 0 Å². The quantitative estimate of drug-likeness (QED) is 0.799. The van der Waals surface area contributed by atoms with Crippen molar-refractivity contribution in [3.05, 3.63) is 55.5 Å². The zero-order valence-corrected chi connectivity index (χ0v) is 14.1. The Bertz CT molecular complexity index is 883. The summed E-state index contributed by atoms with van der Waals surface area (Å²) in [4.78, 5) is 42.0. The summed E-state index contributed by atoms with van der Waals surface area (Å²) in [5, 5.41) is 2.74. The van der Waals surface area contributed by atoms with E-state index in [0.717, 1.165) is 21.4 Å². The number of rotatable bonds is 5. The Kier molecular flexibility index (Phi) is 5.18. The van der Waals surface area contributed by atoms with Gasteiger partial charge in [0, 0.05) is 36.6 Å². The molecule has 0 aliphatic heterocycles. The highest BCUT2D eigenvalue weighted by Gasteiger charge is 2.13. The van der Waals surface area contributed by atoms with E-state index in [4.69, 9.17) is 4.74 Å². The van der Waals surface area contributed by atoms with Gasteiger partial charge in [-0.25, -0.2) is 9.78 Å². The highest BCUT2D eigenvalue weighted by atomic mass is 16.5. The van der Waals surface area contributed by atoms with Crippen molar-refractivity contribution in [2.24, 2.45) is 7.05 Å². The second kappa shape index (κ2) is 7.12. The van der Waals surface area contributed by atoms with Gasteiger partial charge in [0.1, 0.15) is 0 Å². The number of methoxy groups -OCH3 is 1. The normalized spacial score (nSPS) is 10.5. The number of ether oxygens (including phenoxy) is 1. The van der Waals surface area contributed by atoms with Crippen molar-refractivity contribution in [1.82, 2.24) is 19.9 Å². The number of aromatic nitrogens is 3. The Hall–Kier alpha value is -2.90. The van der Waals surface area contributed by atoms with E-state index < -0.39 is 11.2 Å². The lowest BCUT2D eigenvalue weighted by Crippen LogP contribution is -2.36. The van der Waals surface area contributed by atoms with Crippen molar-refractivity contribution in [1.29, 1.82) is 0 Å². The average Bonchev–Trinajstić information content (AvgIpc) is 2.54. The Morgan fingerprint density at radius 2 is 2.08 bits per heavy atom. The fourth-order valence-electron chi connectivity index (χ4n) is 2.38. The van der Waals surface area contributed by atoms with Crippen LogP contribution in [-0.4, -0.2) is 27.6 Å². The predicted octanol–water partition coefficient (Wildman–Crippen LogP) is -0.0471. The molecule has 0 bridgehead atoms. The van der Waals surface area contributed by atoms with E-state index in [0.29, 0.717) is 5.88 Å². The molecular formula is C16H20N4O4. The van der Waals surface area contributed by atoms with E-state index in [1.807, 2.05) is 19.9 Å². The summed E-state index contributed by atoms with van der Waals surface area (Å²) >= 11 is 0. The fraction of sp³-hybridized carbons (Fsp3) is 0.375. The molecule has 0 atom stereocenters. The van der Waals surface area contributed by atoms with Crippen LogP contribution in [-0.2, 0) is 24.8 Å². The van der Waals surface area contributed by atoms with Crippen molar-refractivity contribution in [3.63, 3.8) is 0 Å². The van der Waals surface area contributed by atoms with Gasteiger partial charge in [-0.15, -0.1) is 0 Å². The highest BCUT2D eigenvalue weighted by molar-refractivity contribution is 5.78. The molecule has 2 heterocycles. The van der Waals surface area contributed by atoms with Gasteiger partial charge in [0.05, 0.1) is 13.5 Å². The molecule has 2 aromatic rings. The SMILES string of the molecule is COc1nc(C)cc(C)c1CNC(=O)Cc1c[nH]c(=O)n(C)c1=O. The van der Waals surface area contributed by atoms with Gasteiger partial charge < -0.3 is 15.0 Å². The van der Waals surface area contributed by atoms with Crippen molar-refractivity contribution >= 4 is 5.91 Å². The summed E-state index contributed by atoms with van der Waals surface area (Å²) in [7, 11) is 2.88. The topological polar surface area (TPSA) is 106 Å². The van der Waals surface area contributed by atoms with Gasteiger partial charge in [0.15, 0.2) is 0 Å². The summed E-state index contributed by atoms with van der Waals surface area (Å²) in [5.74, 6) is 0.133. The number of H-pyrrole nitrogens is 1. The molecule has 2 aromatic heterocycles. The minimum atomic E-state index is -0.518. The number of hydrogen-bond acceptors (Lipinski definition) is 5. The zero-order chi connectivity index (χ0) is 17.9. The molecule has 24 heavy (non-hydrogen) atoms. The van der Waals surface area contributed by atoms with Crippen molar-refractivity contribution in [3.8, 4) is 5.88 Å². The van der Waals surface area contributed by atoms with Crippen LogP contribution in [0.1, 0.15) is 22.4 Å². The molecule has 2 N–H and O–H groups in total. The van der Waals surface area contributed by atoms with Crippen LogP contribution < -0.4 is 21.3 Å². The monoisotopic (exact) mass is 332 g/mol. The number of hydrogen-bond donors (Lipinski definition) is 2. The Morgan fingerprint density at radius 3 is 2.75 bits per heavy atom. The predicted molar refractivity (Wildman–Crippen MR) is 88.1 cm³/mol. The van der Waals surface area contributed by atoms with Crippen LogP contribution in [0.15, 0.2) is 21.9 Å². The zero-order valence-electron chi connectivity index (χ0n) is 14.1. The van der Waals surface area contributed by atoms with Gasteiger partial charge in [0.2, 0.25) is 11.8 Å². The van der Waals surface area contributed by atoms with Gasteiger partial charge in [-0.05, 0) is 25.5 Å². The molecular weight excluding hydrogens is 312 g/mol. The van der Waals surface area contributed by atoms with Crippen LogP contribution in [0.25, 0.3) is 0 Å². The molecule has 0 spiro atoms. The lowest BCUT2D eigenvalue weighted by atomic mass is 10.1. The first kappa shape index (κ1) is 17.5. The van der Waals surface area contributed by atoms with Crippen LogP contribution in [0.3, 0.4) is 0 Å². The molecule has 128 valence electrons. The van der Waals surface area contributed by atoms with E-state index in [9.17, 15) is 14.4 Å². The molecule has 2 rings (SSSR count). The lowest BCUT2D eigenvalue weighted by Gasteiger charge is -2.12. The second-order valence-electron chi connectivity index (χ2n) is 5.51. The molecule has 0 aliphatic carbocycles. The molecule has 8 nitrogen and oxygen atoms in total. The summed E-state index contributed by atoms with van der Waals surface area (Å²) < 4.78 is 6.18. The van der Waals surface area contributed by atoms with Crippen LogP contribution in [0.5, 0.6) is 5.88 Å². The number of aryl methyl sites for hydroxylation is 2. The molecule has 0 radical (unpaired) electrons. The van der Waals surface area contributed by atoms with Crippen LogP contribution >= 0.6 is 0 Å². The van der Waals surface area contributed by atoms with E-state index >= 15 is 0 Å². The second-order valence-corrected chi connectivity index (χ2v) is 5.51. The minimum absolute atomic E-state index is 0.121. The van der Waals surface area contributed by atoms with E-state index in [2.05, 4.69) is 15.3 Å².